The Balaban J connectivity index is 0. The SMILES string of the molecule is CC(=O)NC(CCC(=O)O)C(=O)O.O=CNCC(=O)O. The maximum atomic E-state index is 10.5. The highest BCUT2D eigenvalue weighted by molar-refractivity contribution is 5.82. The predicted octanol–water partition coefficient (Wildman–Crippen LogP) is -1.74. The van der Waals surface area contributed by atoms with Crippen LogP contribution in [0.5, 0.6) is 0 Å². The fraction of sp³-hybridized carbons (Fsp3) is 0.500. The van der Waals surface area contributed by atoms with Crippen LogP contribution < -0.4 is 10.6 Å². The zero-order chi connectivity index (χ0) is 16.1. The number of hydrogen-bond donors (Lipinski definition) is 5. The van der Waals surface area contributed by atoms with Crippen molar-refractivity contribution in [1.29, 1.82) is 0 Å². The van der Waals surface area contributed by atoms with Gasteiger partial charge in [-0.05, 0) is 6.42 Å². The fourth-order valence-corrected chi connectivity index (χ4v) is 0.900. The number of amides is 2. The first-order valence-corrected chi connectivity index (χ1v) is 5.31. The van der Waals surface area contributed by atoms with Crippen LogP contribution in [-0.4, -0.2) is 58.1 Å². The summed E-state index contributed by atoms with van der Waals surface area (Å²) in [6.45, 7) is 0.875. The average Bonchev–Trinajstić information content (AvgIpc) is 2.31. The van der Waals surface area contributed by atoms with Crippen LogP contribution in [0.15, 0.2) is 0 Å². The molecule has 1 unspecified atom stereocenters. The number of carbonyl (C=O) groups is 5. The number of carboxylic acid groups (broad SMARTS) is 3. The summed E-state index contributed by atoms with van der Waals surface area (Å²) in [6.07, 6.45) is -0.0460. The van der Waals surface area contributed by atoms with E-state index < -0.39 is 29.9 Å². The van der Waals surface area contributed by atoms with Gasteiger partial charge in [-0.15, -0.1) is 0 Å². The van der Waals surface area contributed by atoms with Crippen LogP contribution >= 0.6 is 0 Å². The second kappa shape index (κ2) is 11.4. The van der Waals surface area contributed by atoms with Crippen molar-refractivity contribution in [2.75, 3.05) is 6.54 Å². The van der Waals surface area contributed by atoms with Crippen molar-refractivity contribution in [2.24, 2.45) is 0 Å². The Bertz CT molecular complexity index is 368. The zero-order valence-corrected chi connectivity index (χ0v) is 10.7. The molecular formula is C10H16N2O8. The highest BCUT2D eigenvalue weighted by Crippen LogP contribution is 1.97. The molecule has 0 heterocycles. The van der Waals surface area contributed by atoms with Crippen LogP contribution in [0.3, 0.4) is 0 Å². The molecule has 0 spiro atoms. The number of hydrogen-bond acceptors (Lipinski definition) is 5. The molecule has 0 saturated heterocycles. The van der Waals surface area contributed by atoms with E-state index in [9.17, 15) is 24.0 Å². The van der Waals surface area contributed by atoms with Crippen molar-refractivity contribution < 1.29 is 39.3 Å². The molecule has 20 heavy (non-hydrogen) atoms. The van der Waals surface area contributed by atoms with Crippen LogP contribution in [0.4, 0.5) is 0 Å². The third-order valence-electron chi connectivity index (χ3n) is 1.66. The number of carboxylic acids is 3. The Morgan fingerprint density at radius 3 is 1.90 bits per heavy atom. The molecule has 0 aliphatic heterocycles. The van der Waals surface area contributed by atoms with Crippen molar-refractivity contribution in [3.05, 3.63) is 0 Å². The van der Waals surface area contributed by atoms with Crippen LogP contribution in [0.25, 0.3) is 0 Å². The normalized spacial score (nSPS) is 10.2. The monoisotopic (exact) mass is 292 g/mol. The molecule has 5 N–H and O–H groups in total. The lowest BCUT2D eigenvalue weighted by Crippen LogP contribution is -2.39. The second-order valence-electron chi connectivity index (χ2n) is 3.42. The molecule has 0 fully saturated rings. The maximum absolute atomic E-state index is 10.5. The number of aliphatic carboxylic acids is 3. The van der Waals surface area contributed by atoms with Crippen LogP contribution in [0.2, 0.25) is 0 Å². The van der Waals surface area contributed by atoms with E-state index in [4.69, 9.17) is 15.3 Å². The van der Waals surface area contributed by atoms with Gasteiger partial charge in [-0.1, -0.05) is 0 Å². The van der Waals surface area contributed by atoms with Gasteiger partial charge in [-0.3, -0.25) is 19.2 Å². The molecule has 0 radical (unpaired) electrons. The lowest BCUT2D eigenvalue weighted by atomic mass is 10.1. The first kappa shape index (κ1) is 19.7. The molecule has 0 aromatic heterocycles. The summed E-state index contributed by atoms with van der Waals surface area (Å²) in [5, 5.41) is 28.7. The van der Waals surface area contributed by atoms with Gasteiger partial charge in [-0.25, -0.2) is 4.79 Å². The molecule has 114 valence electrons. The summed E-state index contributed by atoms with van der Waals surface area (Å²) in [5.41, 5.74) is 0. The van der Waals surface area contributed by atoms with Crippen molar-refractivity contribution in [3.8, 4) is 0 Å². The minimum absolute atomic E-state index is 0.107. The molecule has 2 amide bonds. The Morgan fingerprint density at radius 1 is 1.10 bits per heavy atom. The van der Waals surface area contributed by atoms with Crippen LogP contribution in [-0.2, 0) is 24.0 Å². The Morgan fingerprint density at radius 2 is 1.65 bits per heavy atom. The Labute approximate surface area is 113 Å². The van der Waals surface area contributed by atoms with Crippen molar-refractivity contribution in [1.82, 2.24) is 10.6 Å². The van der Waals surface area contributed by atoms with Gasteiger partial charge < -0.3 is 26.0 Å². The predicted molar refractivity (Wildman–Crippen MR) is 63.8 cm³/mol. The summed E-state index contributed by atoms with van der Waals surface area (Å²) in [6, 6.07) is -1.12. The molecular weight excluding hydrogens is 276 g/mol. The third-order valence-corrected chi connectivity index (χ3v) is 1.66. The van der Waals surface area contributed by atoms with Gasteiger partial charge in [0, 0.05) is 13.3 Å². The summed E-state index contributed by atoms with van der Waals surface area (Å²) in [4.78, 5) is 49.9. The van der Waals surface area contributed by atoms with Gasteiger partial charge in [0.05, 0.1) is 0 Å². The molecule has 0 aliphatic rings. The van der Waals surface area contributed by atoms with Gasteiger partial charge in [0.15, 0.2) is 0 Å². The van der Waals surface area contributed by atoms with E-state index in [0.717, 1.165) is 0 Å². The van der Waals surface area contributed by atoms with Gasteiger partial charge in [-0.2, -0.15) is 0 Å². The Hall–Kier alpha value is -2.65. The van der Waals surface area contributed by atoms with Crippen molar-refractivity contribution in [3.63, 3.8) is 0 Å². The van der Waals surface area contributed by atoms with Crippen LogP contribution in [0, 0.1) is 0 Å². The number of rotatable bonds is 8. The van der Waals surface area contributed by atoms with E-state index in [1.807, 2.05) is 5.32 Å². The molecule has 0 saturated carbocycles. The highest BCUT2D eigenvalue weighted by Gasteiger charge is 2.18. The van der Waals surface area contributed by atoms with E-state index >= 15 is 0 Å². The maximum Gasteiger partial charge on any atom is 0.326 e. The van der Waals surface area contributed by atoms with Gasteiger partial charge in [0.1, 0.15) is 12.6 Å². The summed E-state index contributed by atoms with van der Waals surface area (Å²) < 4.78 is 0. The zero-order valence-electron chi connectivity index (χ0n) is 10.7. The van der Waals surface area contributed by atoms with E-state index in [-0.39, 0.29) is 19.4 Å². The smallest absolute Gasteiger partial charge is 0.326 e. The minimum Gasteiger partial charge on any atom is -0.481 e. The topological polar surface area (TPSA) is 170 Å². The van der Waals surface area contributed by atoms with E-state index in [0.29, 0.717) is 6.41 Å². The average molecular weight is 292 g/mol. The van der Waals surface area contributed by atoms with Gasteiger partial charge in [0.25, 0.3) is 0 Å². The molecule has 0 bridgehead atoms. The third kappa shape index (κ3) is 15.4. The molecule has 0 rings (SSSR count). The molecule has 10 heteroatoms. The molecule has 0 aliphatic carbocycles. The number of carbonyl (C=O) groups excluding carboxylic acids is 2. The van der Waals surface area contributed by atoms with E-state index in [2.05, 4.69) is 5.32 Å². The van der Waals surface area contributed by atoms with Crippen molar-refractivity contribution >= 4 is 30.2 Å². The summed E-state index contributed by atoms with van der Waals surface area (Å²) >= 11 is 0. The molecule has 10 nitrogen and oxygen atoms in total. The summed E-state index contributed by atoms with van der Waals surface area (Å²) in [7, 11) is 0. The lowest BCUT2D eigenvalue weighted by Gasteiger charge is -2.10. The lowest BCUT2D eigenvalue weighted by molar-refractivity contribution is -0.142. The molecule has 1 atom stereocenters. The van der Waals surface area contributed by atoms with Gasteiger partial charge >= 0.3 is 17.9 Å². The standard InChI is InChI=1S/C7H11NO5.C3H5NO3/c1-4(9)8-5(7(12)13)2-3-6(10)11;5-2-4-1-3(6)7/h5H,2-3H2,1H3,(H,8,9)(H,10,11)(H,12,13);2H,1H2,(H,4,5)(H,6,7). The van der Waals surface area contributed by atoms with E-state index in [1.54, 1.807) is 0 Å². The first-order valence-electron chi connectivity index (χ1n) is 5.31. The second-order valence-corrected chi connectivity index (χ2v) is 3.42. The van der Waals surface area contributed by atoms with E-state index in [1.165, 1.54) is 6.92 Å². The molecule has 0 aromatic rings. The highest BCUT2D eigenvalue weighted by atomic mass is 16.4. The molecule has 0 aromatic carbocycles. The minimum atomic E-state index is -1.23. The van der Waals surface area contributed by atoms with Crippen LogP contribution in [0.1, 0.15) is 19.8 Å². The number of nitrogens with one attached hydrogen (secondary N) is 2. The van der Waals surface area contributed by atoms with Crippen molar-refractivity contribution in [2.45, 2.75) is 25.8 Å². The largest absolute Gasteiger partial charge is 0.481 e. The fourth-order valence-electron chi connectivity index (χ4n) is 0.900. The summed E-state index contributed by atoms with van der Waals surface area (Å²) in [5.74, 6) is -3.84. The first-order chi connectivity index (χ1) is 9.20. The van der Waals surface area contributed by atoms with Gasteiger partial charge in [0.2, 0.25) is 12.3 Å². The quantitative estimate of drug-likeness (QED) is 0.328. The Kier molecular flexibility index (Phi) is 11.3.